The molecule has 2 fully saturated rings. The Balaban J connectivity index is 0.00000169. The first-order chi connectivity index (χ1) is 11.8. The van der Waals surface area contributed by atoms with Crippen molar-refractivity contribution in [3.05, 3.63) is 35.9 Å². The zero-order valence-corrected chi connectivity index (χ0v) is 17.1. The number of benzene rings is 1. The van der Waals surface area contributed by atoms with Crippen LogP contribution in [-0.2, 0) is 11.3 Å². The van der Waals surface area contributed by atoms with Crippen molar-refractivity contribution in [2.75, 3.05) is 26.2 Å². The number of carbonyl (C=O) groups excluding carboxylic acids is 1. The highest BCUT2D eigenvalue weighted by Gasteiger charge is 2.22. The fraction of sp³-hybridized carbons (Fsp3) is 0.650. The number of likely N-dealkylation sites (tertiary alicyclic amines) is 1. The highest BCUT2D eigenvalue weighted by Crippen LogP contribution is 2.18. The Kier molecular flexibility index (Phi) is 11.2. The molecule has 1 aromatic carbocycles. The van der Waals surface area contributed by atoms with E-state index in [1.165, 1.54) is 24.8 Å². The highest BCUT2D eigenvalue weighted by molar-refractivity contribution is 5.85. The summed E-state index contributed by atoms with van der Waals surface area (Å²) in [6, 6.07) is 10.9. The second-order valence-corrected chi connectivity index (χ2v) is 7.36. The zero-order valence-electron chi connectivity index (χ0n) is 15.5. The maximum absolute atomic E-state index is 12.3. The molecule has 148 valence electrons. The third-order valence-electron chi connectivity index (χ3n) is 5.36. The molecule has 1 atom stereocenters. The molecule has 1 aromatic rings. The van der Waals surface area contributed by atoms with E-state index in [9.17, 15) is 4.79 Å². The Morgan fingerprint density at radius 2 is 1.85 bits per heavy atom. The van der Waals surface area contributed by atoms with Crippen LogP contribution in [0.3, 0.4) is 0 Å². The molecule has 6 heteroatoms. The zero-order chi connectivity index (χ0) is 16.6. The van der Waals surface area contributed by atoms with Gasteiger partial charge in [0.25, 0.3) is 0 Å². The molecular formula is C20H33Cl2N3O. The van der Waals surface area contributed by atoms with Crippen LogP contribution in [0.2, 0.25) is 0 Å². The van der Waals surface area contributed by atoms with E-state index in [0.717, 1.165) is 51.5 Å². The van der Waals surface area contributed by atoms with E-state index in [0.29, 0.717) is 12.5 Å². The van der Waals surface area contributed by atoms with Crippen LogP contribution < -0.4 is 10.6 Å². The molecule has 0 radical (unpaired) electrons. The molecule has 0 aliphatic carbocycles. The van der Waals surface area contributed by atoms with E-state index >= 15 is 0 Å². The fourth-order valence-corrected chi connectivity index (χ4v) is 3.96. The van der Waals surface area contributed by atoms with Crippen molar-refractivity contribution in [1.29, 1.82) is 0 Å². The molecule has 0 bridgehead atoms. The molecule has 0 spiro atoms. The molecule has 2 aliphatic rings. The summed E-state index contributed by atoms with van der Waals surface area (Å²) in [5.74, 6) is 0.984. The Hall–Kier alpha value is -0.810. The van der Waals surface area contributed by atoms with E-state index in [1.54, 1.807) is 0 Å². The lowest BCUT2D eigenvalue weighted by Gasteiger charge is -2.33. The molecular weight excluding hydrogens is 369 g/mol. The smallest absolute Gasteiger partial charge is 0.220 e. The summed E-state index contributed by atoms with van der Waals surface area (Å²) >= 11 is 0. The first kappa shape index (κ1) is 23.2. The van der Waals surface area contributed by atoms with E-state index in [1.807, 2.05) is 0 Å². The quantitative estimate of drug-likeness (QED) is 0.767. The van der Waals surface area contributed by atoms with Gasteiger partial charge in [-0.2, -0.15) is 0 Å². The minimum Gasteiger partial charge on any atom is -0.352 e. The molecule has 2 heterocycles. The summed E-state index contributed by atoms with van der Waals surface area (Å²) in [5, 5.41) is 6.66. The average Bonchev–Trinajstić information content (AvgIpc) is 2.62. The molecule has 2 saturated heterocycles. The van der Waals surface area contributed by atoms with Gasteiger partial charge in [-0.1, -0.05) is 30.3 Å². The number of rotatable bonds is 6. The predicted molar refractivity (Wildman–Crippen MR) is 112 cm³/mol. The van der Waals surface area contributed by atoms with Crippen LogP contribution in [0.1, 0.15) is 44.1 Å². The van der Waals surface area contributed by atoms with Crippen LogP contribution in [0.25, 0.3) is 0 Å². The second kappa shape index (κ2) is 12.6. The van der Waals surface area contributed by atoms with E-state index in [4.69, 9.17) is 0 Å². The number of nitrogens with zero attached hydrogens (tertiary/aromatic N) is 1. The lowest BCUT2D eigenvalue weighted by molar-refractivity contribution is -0.122. The summed E-state index contributed by atoms with van der Waals surface area (Å²) in [5.41, 5.74) is 1.36. The van der Waals surface area contributed by atoms with Gasteiger partial charge in [-0.15, -0.1) is 24.8 Å². The number of piperidine rings is 2. The summed E-state index contributed by atoms with van der Waals surface area (Å²) in [6.07, 6.45) is 6.48. The van der Waals surface area contributed by atoms with Gasteiger partial charge in [0.2, 0.25) is 5.91 Å². The van der Waals surface area contributed by atoms with Crippen LogP contribution in [0.15, 0.2) is 30.3 Å². The monoisotopic (exact) mass is 401 g/mol. The van der Waals surface area contributed by atoms with Gasteiger partial charge in [-0.25, -0.2) is 0 Å². The Morgan fingerprint density at radius 1 is 1.12 bits per heavy atom. The van der Waals surface area contributed by atoms with Gasteiger partial charge in [0.05, 0.1) is 0 Å². The lowest BCUT2D eigenvalue weighted by atomic mass is 9.93. The second-order valence-electron chi connectivity index (χ2n) is 7.36. The summed E-state index contributed by atoms with van der Waals surface area (Å²) in [7, 11) is 0. The topological polar surface area (TPSA) is 44.4 Å². The molecule has 26 heavy (non-hydrogen) atoms. The molecule has 4 nitrogen and oxygen atoms in total. The van der Waals surface area contributed by atoms with Crippen LogP contribution >= 0.6 is 24.8 Å². The van der Waals surface area contributed by atoms with E-state index < -0.39 is 0 Å². The molecule has 0 aromatic heterocycles. The normalized spacial score (nSPS) is 21.3. The Bertz CT molecular complexity index is 509. The maximum Gasteiger partial charge on any atom is 0.220 e. The van der Waals surface area contributed by atoms with E-state index in [-0.39, 0.29) is 30.7 Å². The molecule has 3 rings (SSSR count). The van der Waals surface area contributed by atoms with Crippen LogP contribution in [-0.4, -0.2) is 43.0 Å². The number of nitrogens with one attached hydrogen (secondary N) is 2. The summed E-state index contributed by atoms with van der Waals surface area (Å²) in [4.78, 5) is 14.7. The minimum absolute atomic E-state index is 0. The van der Waals surface area contributed by atoms with Crippen LogP contribution in [0.4, 0.5) is 0 Å². The average molecular weight is 402 g/mol. The lowest BCUT2D eigenvalue weighted by Crippen LogP contribution is -2.47. The molecule has 1 unspecified atom stereocenters. The maximum atomic E-state index is 12.3. The van der Waals surface area contributed by atoms with Crippen LogP contribution in [0.5, 0.6) is 0 Å². The van der Waals surface area contributed by atoms with Crippen molar-refractivity contribution in [2.24, 2.45) is 5.92 Å². The van der Waals surface area contributed by atoms with Crippen molar-refractivity contribution in [3.8, 4) is 0 Å². The first-order valence-corrected chi connectivity index (χ1v) is 9.56. The van der Waals surface area contributed by atoms with Gasteiger partial charge in [0.1, 0.15) is 0 Å². The van der Waals surface area contributed by atoms with Crippen molar-refractivity contribution >= 4 is 30.7 Å². The number of carbonyl (C=O) groups is 1. The van der Waals surface area contributed by atoms with Crippen molar-refractivity contribution in [1.82, 2.24) is 15.5 Å². The standard InChI is InChI=1S/C20H31N3O.2ClH/c24-20(9-8-17-10-12-21-13-11-17)22-19-7-4-14-23(16-19)15-18-5-2-1-3-6-18;;/h1-3,5-6,17,19,21H,4,7-16H2,(H,22,24);2*1H. The number of hydrogen-bond donors (Lipinski definition) is 2. The summed E-state index contributed by atoms with van der Waals surface area (Å²) in [6.45, 7) is 5.33. The van der Waals surface area contributed by atoms with Gasteiger partial charge in [-0.05, 0) is 63.2 Å². The van der Waals surface area contributed by atoms with Gasteiger partial charge in [0.15, 0.2) is 0 Å². The highest BCUT2D eigenvalue weighted by atomic mass is 35.5. The van der Waals surface area contributed by atoms with Crippen molar-refractivity contribution < 1.29 is 4.79 Å². The van der Waals surface area contributed by atoms with Gasteiger partial charge < -0.3 is 10.6 Å². The SMILES string of the molecule is Cl.Cl.O=C(CCC1CCNCC1)NC1CCCN(Cc2ccccc2)C1. The predicted octanol–water partition coefficient (Wildman–Crippen LogP) is 3.39. The number of halogens is 2. The summed E-state index contributed by atoms with van der Waals surface area (Å²) < 4.78 is 0. The van der Waals surface area contributed by atoms with Gasteiger partial charge in [0, 0.05) is 25.6 Å². The van der Waals surface area contributed by atoms with Gasteiger partial charge >= 0.3 is 0 Å². The van der Waals surface area contributed by atoms with Crippen molar-refractivity contribution in [2.45, 2.75) is 51.1 Å². The fourth-order valence-electron chi connectivity index (χ4n) is 3.96. The van der Waals surface area contributed by atoms with Crippen LogP contribution in [0, 0.1) is 5.92 Å². The molecule has 2 N–H and O–H groups in total. The Morgan fingerprint density at radius 3 is 2.58 bits per heavy atom. The minimum atomic E-state index is 0. The van der Waals surface area contributed by atoms with Crippen molar-refractivity contribution in [3.63, 3.8) is 0 Å². The van der Waals surface area contributed by atoms with Gasteiger partial charge in [-0.3, -0.25) is 9.69 Å². The Labute approximate surface area is 170 Å². The number of hydrogen-bond acceptors (Lipinski definition) is 3. The first-order valence-electron chi connectivity index (χ1n) is 9.56. The molecule has 1 amide bonds. The largest absolute Gasteiger partial charge is 0.352 e. The number of amides is 1. The van der Waals surface area contributed by atoms with E-state index in [2.05, 4.69) is 45.9 Å². The third-order valence-corrected chi connectivity index (χ3v) is 5.36. The third kappa shape index (κ3) is 7.83. The molecule has 0 saturated carbocycles. The molecule has 2 aliphatic heterocycles.